The Hall–Kier alpha value is -3.45. The molecule has 0 aliphatic carbocycles. The fourth-order valence-corrected chi connectivity index (χ4v) is 3.64. The van der Waals surface area contributed by atoms with E-state index in [0.29, 0.717) is 16.3 Å². The van der Waals surface area contributed by atoms with Gasteiger partial charge in [-0.3, -0.25) is 9.59 Å². The summed E-state index contributed by atoms with van der Waals surface area (Å²) in [5, 5.41) is 14.0. The van der Waals surface area contributed by atoms with Crippen molar-refractivity contribution in [2.24, 2.45) is 0 Å². The first-order chi connectivity index (χ1) is 12.7. The second-order valence-electron chi connectivity index (χ2n) is 6.13. The molecule has 0 saturated heterocycles. The maximum absolute atomic E-state index is 13.2. The maximum atomic E-state index is 13.2. The van der Waals surface area contributed by atoms with E-state index in [4.69, 9.17) is 4.74 Å². The molecule has 0 aliphatic heterocycles. The number of ether oxygens (including phenoxy) is 1. The molecule has 1 unspecified atom stereocenters. The molecule has 0 spiro atoms. The fraction of sp³-hybridized carbons (Fsp3) is 0.136. The molecule has 1 atom stereocenters. The number of rotatable bonds is 3. The number of nitrogens with zero attached hydrogens (tertiary/aromatic N) is 1. The van der Waals surface area contributed by atoms with Gasteiger partial charge in [0.05, 0.1) is 12.7 Å². The highest BCUT2D eigenvalue weighted by Crippen LogP contribution is 2.36. The summed E-state index contributed by atoms with van der Waals surface area (Å²) in [6.45, 7) is 1.88. The van der Waals surface area contributed by atoms with Crippen molar-refractivity contribution in [3.8, 4) is 6.07 Å². The van der Waals surface area contributed by atoms with Crippen molar-refractivity contribution in [3.05, 3.63) is 70.4 Å². The quantitative estimate of drug-likeness (QED) is 0.526. The fourth-order valence-electron chi connectivity index (χ4n) is 3.64. The van der Waals surface area contributed by atoms with Gasteiger partial charge in [-0.05, 0) is 34.7 Å². The smallest absolute Gasteiger partial charge is 0.327 e. The van der Waals surface area contributed by atoms with Crippen molar-refractivity contribution in [1.29, 1.82) is 5.26 Å². The highest BCUT2D eigenvalue weighted by atomic mass is 16.5. The number of esters is 1. The second-order valence-corrected chi connectivity index (χ2v) is 6.13. The molecule has 0 heterocycles. The van der Waals surface area contributed by atoms with Crippen LogP contribution in [0.5, 0.6) is 0 Å². The molecule has 4 nitrogen and oxygen atoms in total. The number of nitriles is 1. The zero-order valence-corrected chi connectivity index (χ0v) is 14.2. The van der Waals surface area contributed by atoms with Gasteiger partial charge in [-0.2, -0.15) is 5.26 Å². The third kappa shape index (κ3) is 2.21. The average Bonchev–Trinajstić information content (AvgIpc) is 2.88. The summed E-state index contributed by atoms with van der Waals surface area (Å²) in [5.41, 5.74) is 0.266. The van der Waals surface area contributed by atoms with Gasteiger partial charge in [-0.1, -0.05) is 48.5 Å². The number of carbonyl (C=O) groups excluding carboxylic acids is 1. The molecule has 4 heteroatoms. The van der Waals surface area contributed by atoms with Crippen LogP contribution in [-0.2, 0) is 9.53 Å². The molecule has 0 aromatic heterocycles. The molecule has 126 valence electrons. The lowest BCUT2D eigenvalue weighted by Crippen LogP contribution is -2.16. The molecule has 0 aliphatic rings. The average molecular weight is 341 g/mol. The summed E-state index contributed by atoms with van der Waals surface area (Å²) in [5.74, 6) is -1.75. The Morgan fingerprint density at radius 2 is 1.69 bits per heavy atom. The van der Waals surface area contributed by atoms with Crippen LogP contribution in [0.4, 0.5) is 0 Å². The third-order valence-corrected chi connectivity index (χ3v) is 4.71. The minimum atomic E-state index is -1.12. The molecular weight excluding hydrogens is 326 g/mol. The molecule has 0 radical (unpaired) electrons. The van der Waals surface area contributed by atoms with E-state index in [9.17, 15) is 14.9 Å². The van der Waals surface area contributed by atoms with E-state index >= 15 is 0 Å². The highest BCUT2D eigenvalue weighted by molar-refractivity contribution is 6.23. The Balaban J connectivity index is 2.21. The summed E-state index contributed by atoms with van der Waals surface area (Å²) in [6, 6.07) is 18.9. The standard InChI is InChI=1S/C22H15NO3/c1-2-26-22(25)18(12-23)17-11-13-7-3-4-9-15-14-8-5-6-10-16(14)21(24)20(17)19(13)15/h3-11,18H,2H2,1H3. The monoisotopic (exact) mass is 341 g/mol. The highest BCUT2D eigenvalue weighted by Gasteiger charge is 2.27. The topological polar surface area (TPSA) is 67.2 Å². The van der Waals surface area contributed by atoms with Crippen LogP contribution < -0.4 is 5.43 Å². The SMILES string of the molecule is CCOC(=O)C(C#N)c1cc2ccccc3c4ccccc4c(=O)c1c23. The van der Waals surface area contributed by atoms with Crippen molar-refractivity contribution in [1.82, 2.24) is 0 Å². The van der Waals surface area contributed by atoms with Gasteiger partial charge in [-0.15, -0.1) is 0 Å². The van der Waals surface area contributed by atoms with Gasteiger partial charge < -0.3 is 4.74 Å². The number of hydrogen-bond acceptors (Lipinski definition) is 4. The van der Waals surface area contributed by atoms with Gasteiger partial charge >= 0.3 is 5.97 Å². The number of fused-ring (bicyclic) bond motifs is 2. The van der Waals surface area contributed by atoms with Gasteiger partial charge in [-0.25, -0.2) is 0 Å². The van der Waals surface area contributed by atoms with Gasteiger partial charge in [0, 0.05) is 16.2 Å². The molecule has 4 rings (SSSR count). The number of benzene rings is 2. The molecule has 0 amide bonds. The molecule has 4 aromatic carbocycles. The largest absolute Gasteiger partial charge is 0.465 e. The second kappa shape index (κ2) is 6.12. The van der Waals surface area contributed by atoms with Gasteiger partial charge in [0.1, 0.15) is 0 Å². The van der Waals surface area contributed by atoms with Crippen molar-refractivity contribution < 1.29 is 9.53 Å². The molecule has 0 N–H and O–H groups in total. The minimum Gasteiger partial charge on any atom is -0.465 e. The van der Waals surface area contributed by atoms with E-state index in [2.05, 4.69) is 0 Å². The summed E-state index contributed by atoms with van der Waals surface area (Å²) in [4.78, 5) is 25.5. The Kier molecular flexibility index (Phi) is 3.78. The Morgan fingerprint density at radius 1 is 1.04 bits per heavy atom. The van der Waals surface area contributed by atoms with Gasteiger partial charge in [0.15, 0.2) is 11.3 Å². The first kappa shape index (κ1) is 16.0. The zero-order chi connectivity index (χ0) is 18.3. The first-order valence-corrected chi connectivity index (χ1v) is 8.43. The number of carbonyl (C=O) groups is 1. The lowest BCUT2D eigenvalue weighted by atomic mass is 9.95. The van der Waals surface area contributed by atoms with Crippen LogP contribution in [0, 0.1) is 11.3 Å². The summed E-state index contributed by atoms with van der Waals surface area (Å²) in [6.07, 6.45) is 0. The Bertz CT molecular complexity index is 1250. The predicted octanol–water partition coefficient (Wildman–Crippen LogP) is 4.11. The van der Waals surface area contributed by atoms with Crippen molar-refractivity contribution in [2.75, 3.05) is 6.61 Å². The summed E-state index contributed by atoms with van der Waals surface area (Å²) >= 11 is 0. The van der Waals surface area contributed by atoms with Crippen molar-refractivity contribution in [2.45, 2.75) is 12.8 Å². The van der Waals surface area contributed by atoms with E-state index in [1.165, 1.54) is 0 Å². The van der Waals surface area contributed by atoms with Gasteiger partial charge in [0.25, 0.3) is 0 Å². The van der Waals surface area contributed by atoms with Crippen LogP contribution in [0.3, 0.4) is 0 Å². The maximum Gasteiger partial charge on any atom is 0.327 e. The molecule has 0 fully saturated rings. The lowest BCUT2D eigenvalue weighted by Gasteiger charge is -2.08. The molecule has 0 bridgehead atoms. The Morgan fingerprint density at radius 3 is 2.38 bits per heavy atom. The lowest BCUT2D eigenvalue weighted by molar-refractivity contribution is -0.143. The van der Waals surface area contributed by atoms with Crippen LogP contribution in [0.15, 0.2) is 59.4 Å². The van der Waals surface area contributed by atoms with Crippen molar-refractivity contribution >= 4 is 38.3 Å². The van der Waals surface area contributed by atoms with Crippen molar-refractivity contribution in [3.63, 3.8) is 0 Å². The van der Waals surface area contributed by atoms with E-state index in [-0.39, 0.29) is 12.0 Å². The zero-order valence-electron chi connectivity index (χ0n) is 14.2. The molecule has 0 saturated carbocycles. The van der Waals surface area contributed by atoms with Crippen LogP contribution in [0.25, 0.3) is 32.3 Å². The summed E-state index contributed by atoms with van der Waals surface area (Å²) < 4.78 is 5.04. The Labute approximate surface area is 149 Å². The van der Waals surface area contributed by atoms with E-state index in [0.717, 1.165) is 21.5 Å². The van der Waals surface area contributed by atoms with Crippen LogP contribution in [0.1, 0.15) is 18.4 Å². The van der Waals surface area contributed by atoms with E-state index in [1.54, 1.807) is 19.1 Å². The van der Waals surface area contributed by atoms with E-state index in [1.807, 2.05) is 48.5 Å². The third-order valence-electron chi connectivity index (χ3n) is 4.71. The van der Waals surface area contributed by atoms with Crippen LogP contribution in [0.2, 0.25) is 0 Å². The predicted molar refractivity (Wildman–Crippen MR) is 101 cm³/mol. The molecule has 26 heavy (non-hydrogen) atoms. The molecule has 4 aromatic rings. The normalized spacial score (nSPS) is 12.3. The first-order valence-electron chi connectivity index (χ1n) is 8.43. The van der Waals surface area contributed by atoms with Crippen LogP contribution >= 0.6 is 0 Å². The minimum absolute atomic E-state index is 0.158. The number of hydrogen-bond donors (Lipinski definition) is 0. The molecular formula is C22H15NO3. The summed E-state index contributed by atoms with van der Waals surface area (Å²) in [7, 11) is 0. The van der Waals surface area contributed by atoms with E-state index < -0.39 is 11.9 Å². The van der Waals surface area contributed by atoms with Gasteiger partial charge in [0.2, 0.25) is 0 Å². The van der Waals surface area contributed by atoms with Crippen LogP contribution in [-0.4, -0.2) is 12.6 Å².